The van der Waals surface area contributed by atoms with Gasteiger partial charge >= 0.3 is 0 Å². The number of sulfone groups is 1. The Morgan fingerprint density at radius 1 is 0.864 bits per heavy atom. The summed E-state index contributed by atoms with van der Waals surface area (Å²) in [6.45, 7) is -0.723. The Morgan fingerprint density at radius 3 is 1.86 bits per heavy atom. The molecular formula is C17H18O4S. The van der Waals surface area contributed by atoms with Crippen molar-refractivity contribution in [3.8, 4) is 0 Å². The van der Waals surface area contributed by atoms with Crippen molar-refractivity contribution in [2.24, 2.45) is 5.41 Å². The van der Waals surface area contributed by atoms with Crippen molar-refractivity contribution >= 4 is 9.84 Å². The van der Waals surface area contributed by atoms with Crippen LogP contribution in [0.15, 0.2) is 65.6 Å². The Balaban J connectivity index is 2.06. The third kappa shape index (κ3) is 2.17. The predicted octanol–water partition coefficient (Wildman–Crippen LogP) is 1.60. The molecule has 0 aromatic heterocycles. The Labute approximate surface area is 130 Å². The highest BCUT2D eigenvalue weighted by atomic mass is 32.2. The summed E-state index contributed by atoms with van der Waals surface area (Å²) in [5, 5.41) is 18.7. The summed E-state index contributed by atoms with van der Waals surface area (Å²) in [5.74, 6) is -0.395. The van der Waals surface area contributed by atoms with Crippen molar-refractivity contribution in [3.05, 3.63) is 66.2 Å². The molecule has 22 heavy (non-hydrogen) atoms. The van der Waals surface area contributed by atoms with Crippen LogP contribution in [0.1, 0.15) is 11.5 Å². The van der Waals surface area contributed by atoms with Gasteiger partial charge in [0.25, 0.3) is 0 Å². The highest BCUT2D eigenvalue weighted by Gasteiger charge is 2.70. The normalized spacial score (nSPS) is 23.2. The monoisotopic (exact) mass is 318 g/mol. The maximum absolute atomic E-state index is 12.9. The molecule has 1 aliphatic rings. The molecule has 3 rings (SSSR count). The van der Waals surface area contributed by atoms with E-state index in [9.17, 15) is 18.6 Å². The molecule has 0 bridgehead atoms. The lowest BCUT2D eigenvalue weighted by Gasteiger charge is -2.11. The van der Waals surface area contributed by atoms with Gasteiger partial charge in [0.1, 0.15) is 0 Å². The van der Waals surface area contributed by atoms with Crippen molar-refractivity contribution in [2.45, 2.75) is 16.1 Å². The zero-order valence-corrected chi connectivity index (χ0v) is 12.8. The third-order valence-corrected chi connectivity index (χ3v) is 6.87. The molecule has 4 nitrogen and oxygen atoms in total. The first-order valence-electron chi connectivity index (χ1n) is 7.13. The van der Waals surface area contributed by atoms with Gasteiger partial charge in [-0.15, -0.1) is 0 Å². The maximum atomic E-state index is 12.9. The molecule has 0 saturated heterocycles. The zero-order valence-electron chi connectivity index (χ0n) is 12.0. The first-order valence-corrected chi connectivity index (χ1v) is 8.68. The standard InChI is InChI=1S/C17H18O4S/c18-11-17(12-19)15(13-7-3-1-4-8-13)16(17)22(20,21)14-9-5-2-6-10-14/h1-10,15-16,18-19H,11-12H2/t15-,16-/m0/s1. The maximum Gasteiger partial charge on any atom is 0.182 e. The van der Waals surface area contributed by atoms with Crippen LogP contribution in [0, 0.1) is 5.41 Å². The minimum absolute atomic E-state index is 0.227. The first kappa shape index (κ1) is 15.2. The van der Waals surface area contributed by atoms with Crippen molar-refractivity contribution < 1.29 is 18.6 Å². The van der Waals surface area contributed by atoms with Gasteiger partial charge in [0.15, 0.2) is 9.84 Å². The lowest BCUT2D eigenvalue weighted by atomic mass is 10.0. The van der Waals surface area contributed by atoms with E-state index in [0.29, 0.717) is 0 Å². The molecule has 0 amide bonds. The molecular weight excluding hydrogens is 300 g/mol. The summed E-state index contributed by atoms with van der Waals surface area (Å²) in [6, 6.07) is 17.4. The molecule has 0 spiro atoms. The third-order valence-electron chi connectivity index (χ3n) is 4.53. The fraction of sp³-hybridized carbons (Fsp3) is 0.294. The van der Waals surface area contributed by atoms with Crippen molar-refractivity contribution in [1.29, 1.82) is 0 Å². The number of rotatable bonds is 5. The number of hydrogen-bond donors (Lipinski definition) is 2. The van der Waals surface area contributed by atoms with Crippen molar-refractivity contribution in [1.82, 2.24) is 0 Å². The average Bonchev–Trinajstić information content (AvgIpc) is 3.27. The van der Waals surface area contributed by atoms with E-state index in [0.717, 1.165) is 5.56 Å². The van der Waals surface area contributed by atoms with Crippen molar-refractivity contribution in [3.63, 3.8) is 0 Å². The van der Waals surface area contributed by atoms with Gasteiger partial charge < -0.3 is 10.2 Å². The molecule has 1 aliphatic carbocycles. The smallest absolute Gasteiger partial charge is 0.182 e. The van der Waals surface area contributed by atoms with E-state index in [4.69, 9.17) is 0 Å². The van der Waals surface area contributed by atoms with Crippen LogP contribution in [-0.2, 0) is 9.84 Å². The molecule has 2 aromatic rings. The Hall–Kier alpha value is -1.69. The Bertz CT molecular complexity index is 737. The van der Waals surface area contributed by atoms with Crippen LogP contribution in [-0.4, -0.2) is 37.1 Å². The van der Waals surface area contributed by atoms with Crippen LogP contribution in [0.4, 0.5) is 0 Å². The highest BCUT2D eigenvalue weighted by Crippen LogP contribution is 2.63. The molecule has 0 radical (unpaired) electrons. The fourth-order valence-electron chi connectivity index (χ4n) is 3.29. The average molecular weight is 318 g/mol. The summed E-state index contributed by atoms with van der Waals surface area (Å²) in [5.41, 5.74) is -0.189. The Kier molecular flexibility index (Phi) is 3.80. The van der Waals surface area contributed by atoms with Crippen LogP contribution < -0.4 is 0 Å². The minimum atomic E-state index is -3.61. The lowest BCUT2D eigenvalue weighted by molar-refractivity contribution is 0.130. The number of benzene rings is 2. The van der Waals surface area contributed by atoms with Gasteiger partial charge in [-0.3, -0.25) is 0 Å². The largest absolute Gasteiger partial charge is 0.396 e. The van der Waals surface area contributed by atoms with E-state index in [1.54, 1.807) is 30.3 Å². The summed E-state index contributed by atoms with van der Waals surface area (Å²) in [4.78, 5) is 0.227. The van der Waals surface area contributed by atoms with Gasteiger partial charge in [0.2, 0.25) is 0 Å². The molecule has 0 aliphatic heterocycles. The van der Waals surface area contributed by atoms with Gasteiger partial charge in [-0.1, -0.05) is 48.5 Å². The topological polar surface area (TPSA) is 74.6 Å². The van der Waals surface area contributed by atoms with E-state index >= 15 is 0 Å². The quantitative estimate of drug-likeness (QED) is 0.878. The van der Waals surface area contributed by atoms with E-state index < -0.39 is 26.4 Å². The van der Waals surface area contributed by atoms with Gasteiger partial charge in [-0.2, -0.15) is 0 Å². The number of aliphatic hydroxyl groups is 2. The second-order valence-corrected chi connectivity index (χ2v) is 7.79. The molecule has 0 heterocycles. The SMILES string of the molecule is O=S(=O)(c1ccccc1)[C@H]1[C@H](c2ccccc2)C1(CO)CO. The van der Waals surface area contributed by atoms with Gasteiger partial charge in [0.05, 0.1) is 23.4 Å². The second-order valence-electron chi connectivity index (χ2n) is 5.72. The molecule has 1 saturated carbocycles. The minimum Gasteiger partial charge on any atom is -0.396 e. The summed E-state index contributed by atoms with van der Waals surface area (Å²) < 4.78 is 25.8. The summed E-state index contributed by atoms with van der Waals surface area (Å²) in [6.07, 6.45) is 0. The van der Waals surface area contributed by atoms with Crippen LogP contribution in [0.25, 0.3) is 0 Å². The highest BCUT2D eigenvalue weighted by molar-refractivity contribution is 7.92. The van der Waals surface area contributed by atoms with Crippen LogP contribution in [0.3, 0.4) is 0 Å². The summed E-state index contributed by atoms with van der Waals surface area (Å²) in [7, 11) is -3.61. The van der Waals surface area contributed by atoms with Gasteiger partial charge in [-0.05, 0) is 17.7 Å². The fourth-order valence-corrected chi connectivity index (χ4v) is 5.74. The molecule has 5 heteroatoms. The zero-order chi connectivity index (χ0) is 15.8. The van der Waals surface area contributed by atoms with E-state index in [1.807, 2.05) is 30.3 Å². The molecule has 116 valence electrons. The van der Waals surface area contributed by atoms with E-state index in [2.05, 4.69) is 0 Å². The van der Waals surface area contributed by atoms with Crippen LogP contribution in [0.5, 0.6) is 0 Å². The lowest BCUT2D eigenvalue weighted by Crippen LogP contribution is -2.22. The number of aliphatic hydroxyl groups excluding tert-OH is 2. The molecule has 2 aromatic carbocycles. The molecule has 0 unspecified atom stereocenters. The predicted molar refractivity (Wildman–Crippen MR) is 83.2 cm³/mol. The molecule has 2 atom stereocenters. The van der Waals surface area contributed by atoms with E-state index in [-0.39, 0.29) is 18.1 Å². The first-order chi connectivity index (χ1) is 10.6. The van der Waals surface area contributed by atoms with Crippen LogP contribution >= 0.6 is 0 Å². The molecule has 1 fully saturated rings. The Morgan fingerprint density at radius 2 is 1.36 bits per heavy atom. The summed E-state index contributed by atoms with van der Waals surface area (Å²) >= 11 is 0. The molecule has 2 N–H and O–H groups in total. The van der Waals surface area contributed by atoms with Crippen molar-refractivity contribution in [2.75, 3.05) is 13.2 Å². The second kappa shape index (κ2) is 5.50. The van der Waals surface area contributed by atoms with Gasteiger partial charge in [-0.25, -0.2) is 8.42 Å². The number of hydrogen-bond acceptors (Lipinski definition) is 4. The van der Waals surface area contributed by atoms with E-state index in [1.165, 1.54) is 0 Å². The van der Waals surface area contributed by atoms with Crippen LogP contribution in [0.2, 0.25) is 0 Å². The van der Waals surface area contributed by atoms with Gasteiger partial charge in [0, 0.05) is 11.3 Å².